The second-order valence-corrected chi connectivity index (χ2v) is 5.51. The summed E-state index contributed by atoms with van der Waals surface area (Å²) >= 11 is 0. The highest BCUT2D eigenvalue weighted by atomic mass is 16.5. The molecule has 2 aliphatic heterocycles. The minimum Gasteiger partial charge on any atom is -0.490 e. The number of nitrogens with one attached hydrogen (secondary N) is 1. The average Bonchev–Trinajstić information content (AvgIpc) is 2.78. The van der Waals surface area contributed by atoms with Gasteiger partial charge in [-0.2, -0.15) is 0 Å². The van der Waals surface area contributed by atoms with Crippen LogP contribution in [-0.4, -0.2) is 58.0 Å². The summed E-state index contributed by atoms with van der Waals surface area (Å²) in [5, 5.41) is 3.41. The lowest BCUT2D eigenvalue weighted by atomic mass is 10.1. The Balaban J connectivity index is 1.72. The van der Waals surface area contributed by atoms with Gasteiger partial charge in [0.15, 0.2) is 11.5 Å². The van der Waals surface area contributed by atoms with Gasteiger partial charge in [0.05, 0.1) is 26.4 Å². The molecule has 1 aromatic carbocycles. The summed E-state index contributed by atoms with van der Waals surface area (Å²) in [5.41, 5.74) is 1.24. The molecule has 0 aromatic heterocycles. The predicted molar refractivity (Wildman–Crippen MR) is 81.1 cm³/mol. The van der Waals surface area contributed by atoms with Gasteiger partial charge in [-0.1, -0.05) is 6.07 Å². The first-order valence-electron chi connectivity index (χ1n) is 7.74. The molecular weight excluding hydrogens is 268 g/mol. The highest BCUT2D eigenvalue weighted by Gasteiger charge is 2.19. The molecule has 21 heavy (non-hydrogen) atoms. The summed E-state index contributed by atoms with van der Waals surface area (Å²) in [7, 11) is 2.01. The van der Waals surface area contributed by atoms with E-state index in [-0.39, 0.29) is 0 Å². The van der Waals surface area contributed by atoms with Crippen molar-refractivity contribution in [1.82, 2.24) is 10.2 Å². The van der Waals surface area contributed by atoms with Gasteiger partial charge >= 0.3 is 0 Å². The van der Waals surface area contributed by atoms with Crippen LogP contribution in [0.15, 0.2) is 18.2 Å². The molecule has 1 saturated heterocycles. The monoisotopic (exact) mass is 292 g/mol. The molecule has 5 heteroatoms. The van der Waals surface area contributed by atoms with Gasteiger partial charge in [0.2, 0.25) is 0 Å². The molecule has 0 bridgehead atoms. The molecule has 5 nitrogen and oxygen atoms in total. The Morgan fingerprint density at radius 1 is 1.10 bits per heavy atom. The van der Waals surface area contributed by atoms with Crippen molar-refractivity contribution >= 4 is 0 Å². The van der Waals surface area contributed by atoms with Gasteiger partial charge in [-0.3, -0.25) is 4.90 Å². The lowest BCUT2D eigenvalue weighted by Crippen LogP contribution is -2.41. The Kier molecular flexibility index (Phi) is 4.95. The Bertz CT molecular complexity index is 461. The number of nitrogens with zero attached hydrogens (tertiary/aromatic N) is 1. The highest BCUT2D eigenvalue weighted by molar-refractivity contribution is 5.44. The van der Waals surface area contributed by atoms with Crippen molar-refractivity contribution in [2.45, 2.75) is 12.5 Å². The zero-order valence-corrected chi connectivity index (χ0v) is 12.6. The number of likely N-dealkylation sites (N-methyl/N-ethyl adjacent to an activating group) is 1. The molecule has 2 aliphatic rings. The van der Waals surface area contributed by atoms with Gasteiger partial charge in [0.25, 0.3) is 0 Å². The van der Waals surface area contributed by atoms with E-state index < -0.39 is 0 Å². The van der Waals surface area contributed by atoms with E-state index in [1.807, 2.05) is 13.1 Å². The third-order valence-electron chi connectivity index (χ3n) is 4.07. The molecule has 116 valence electrons. The normalized spacial score (nSPS) is 20.8. The van der Waals surface area contributed by atoms with Crippen molar-refractivity contribution in [3.63, 3.8) is 0 Å². The van der Waals surface area contributed by atoms with Crippen LogP contribution >= 0.6 is 0 Å². The van der Waals surface area contributed by atoms with Crippen LogP contribution in [0.4, 0.5) is 0 Å². The van der Waals surface area contributed by atoms with Gasteiger partial charge in [0, 0.05) is 32.1 Å². The molecular formula is C16H24N2O3. The second kappa shape index (κ2) is 7.11. The minimum absolute atomic E-state index is 0.292. The quantitative estimate of drug-likeness (QED) is 0.909. The minimum atomic E-state index is 0.292. The van der Waals surface area contributed by atoms with Gasteiger partial charge in [-0.25, -0.2) is 0 Å². The van der Waals surface area contributed by atoms with Crippen LogP contribution in [0.25, 0.3) is 0 Å². The lowest BCUT2D eigenvalue weighted by molar-refractivity contribution is 0.0338. The van der Waals surface area contributed by atoms with Crippen LogP contribution in [0.1, 0.15) is 18.0 Å². The summed E-state index contributed by atoms with van der Waals surface area (Å²) in [6, 6.07) is 6.57. The SMILES string of the molecule is CNC(CN1CCOCC1)c1ccc2c(c1)OCCCO2. The molecule has 0 radical (unpaired) electrons. The smallest absolute Gasteiger partial charge is 0.161 e. The maximum atomic E-state index is 5.79. The van der Waals surface area contributed by atoms with Crippen molar-refractivity contribution in [3.8, 4) is 11.5 Å². The molecule has 0 amide bonds. The average molecular weight is 292 g/mol. The van der Waals surface area contributed by atoms with E-state index in [1.165, 1.54) is 5.56 Å². The Hall–Kier alpha value is -1.30. The van der Waals surface area contributed by atoms with E-state index in [1.54, 1.807) is 0 Å². The van der Waals surface area contributed by atoms with Crippen LogP contribution in [0.5, 0.6) is 11.5 Å². The fraction of sp³-hybridized carbons (Fsp3) is 0.625. The molecule has 1 unspecified atom stereocenters. The fourth-order valence-electron chi connectivity index (χ4n) is 2.80. The summed E-state index contributed by atoms with van der Waals surface area (Å²) in [6.45, 7) is 6.11. The Labute approximate surface area is 126 Å². The van der Waals surface area contributed by atoms with Crippen LogP contribution in [0, 0.1) is 0 Å². The molecule has 1 N–H and O–H groups in total. The summed E-state index contributed by atoms with van der Waals surface area (Å²) in [6.07, 6.45) is 0.938. The molecule has 3 rings (SSSR count). The third kappa shape index (κ3) is 3.67. The fourth-order valence-corrected chi connectivity index (χ4v) is 2.80. The van der Waals surface area contributed by atoms with Crippen LogP contribution in [0.2, 0.25) is 0 Å². The number of fused-ring (bicyclic) bond motifs is 1. The third-order valence-corrected chi connectivity index (χ3v) is 4.07. The first-order chi connectivity index (χ1) is 10.4. The van der Waals surface area contributed by atoms with Gasteiger partial charge in [-0.15, -0.1) is 0 Å². The second-order valence-electron chi connectivity index (χ2n) is 5.51. The molecule has 0 saturated carbocycles. The number of hydrogen-bond donors (Lipinski definition) is 1. The first-order valence-corrected chi connectivity index (χ1v) is 7.74. The molecule has 1 aromatic rings. The van der Waals surface area contributed by atoms with Crippen molar-refractivity contribution in [2.75, 3.05) is 53.1 Å². The molecule has 1 fully saturated rings. The number of hydrogen-bond acceptors (Lipinski definition) is 5. The van der Waals surface area contributed by atoms with Crippen molar-refractivity contribution in [3.05, 3.63) is 23.8 Å². The Morgan fingerprint density at radius 2 is 1.86 bits per heavy atom. The lowest BCUT2D eigenvalue weighted by Gasteiger charge is -2.30. The van der Waals surface area contributed by atoms with Crippen molar-refractivity contribution in [2.24, 2.45) is 0 Å². The molecule has 1 atom stereocenters. The van der Waals surface area contributed by atoms with E-state index in [0.29, 0.717) is 6.04 Å². The van der Waals surface area contributed by atoms with E-state index >= 15 is 0 Å². The number of ether oxygens (including phenoxy) is 3. The van der Waals surface area contributed by atoms with E-state index in [0.717, 1.165) is 64.0 Å². The van der Waals surface area contributed by atoms with Gasteiger partial charge in [0.1, 0.15) is 0 Å². The summed E-state index contributed by atoms with van der Waals surface area (Å²) in [5.74, 6) is 1.73. The van der Waals surface area contributed by atoms with Gasteiger partial charge in [-0.05, 0) is 24.7 Å². The van der Waals surface area contributed by atoms with Crippen LogP contribution in [-0.2, 0) is 4.74 Å². The first kappa shape index (κ1) is 14.6. The number of rotatable bonds is 4. The number of benzene rings is 1. The largest absolute Gasteiger partial charge is 0.490 e. The maximum absolute atomic E-state index is 5.79. The van der Waals surface area contributed by atoms with E-state index in [9.17, 15) is 0 Å². The van der Waals surface area contributed by atoms with Crippen molar-refractivity contribution < 1.29 is 14.2 Å². The molecule has 0 spiro atoms. The Morgan fingerprint density at radius 3 is 2.62 bits per heavy atom. The topological polar surface area (TPSA) is 43.0 Å². The van der Waals surface area contributed by atoms with E-state index in [4.69, 9.17) is 14.2 Å². The zero-order valence-electron chi connectivity index (χ0n) is 12.6. The predicted octanol–water partition coefficient (Wildman–Crippen LogP) is 1.44. The standard InChI is InChI=1S/C16H24N2O3/c1-17-14(12-18-5-9-19-10-6-18)13-3-4-15-16(11-13)21-8-2-7-20-15/h3-4,11,14,17H,2,5-10,12H2,1H3. The highest BCUT2D eigenvalue weighted by Crippen LogP contribution is 2.32. The number of morpholine rings is 1. The summed E-state index contributed by atoms with van der Waals surface area (Å²) < 4.78 is 16.9. The van der Waals surface area contributed by atoms with E-state index in [2.05, 4.69) is 22.3 Å². The van der Waals surface area contributed by atoms with Gasteiger partial charge < -0.3 is 19.5 Å². The molecule has 2 heterocycles. The van der Waals surface area contributed by atoms with Crippen molar-refractivity contribution in [1.29, 1.82) is 0 Å². The summed E-state index contributed by atoms with van der Waals surface area (Å²) in [4.78, 5) is 2.44. The maximum Gasteiger partial charge on any atom is 0.161 e. The molecule has 0 aliphatic carbocycles. The zero-order chi connectivity index (χ0) is 14.5. The van der Waals surface area contributed by atoms with Crippen LogP contribution < -0.4 is 14.8 Å². The van der Waals surface area contributed by atoms with Crippen LogP contribution in [0.3, 0.4) is 0 Å².